The van der Waals surface area contributed by atoms with Crippen LogP contribution in [-0.2, 0) is 17.4 Å². The molecule has 0 amide bonds. The monoisotopic (exact) mass is 687 g/mol. The van der Waals surface area contributed by atoms with E-state index in [4.69, 9.17) is 8.83 Å². The van der Waals surface area contributed by atoms with Crippen LogP contribution in [0.1, 0.15) is 81.8 Å². The van der Waals surface area contributed by atoms with Gasteiger partial charge in [-0.3, -0.25) is 0 Å². The van der Waals surface area contributed by atoms with E-state index in [0.717, 1.165) is 83.7 Å². The van der Waals surface area contributed by atoms with E-state index in [0.29, 0.717) is 0 Å². The van der Waals surface area contributed by atoms with E-state index in [1.165, 1.54) is 21.9 Å². The molecule has 3 aromatic heterocycles. The van der Waals surface area contributed by atoms with E-state index < -0.39 is 0 Å². The van der Waals surface area contributed by atoms with Gasteiger partial charge in [0.1, 0.15) is 22.3 Å². The highest BCUT2D eigenvalue weighted by atomic mass is 16.3. The van der Waals surface area contributed by atoms with E-state index in [-0.39, 0.29) is 10.8 Å². The largest absolute Gasteiger partial charge is 0.456 e. The fraction of sp³-hybridized carbons (Fsp3) is 0.200. The number of rotatable bonds is 1. The summed E-state index contributed by atoms with van der Waals surface area (Å²) in [6, 6.07) is 38.3. The third-order valence-corrected chi connectivity index (χ3v) is 10.5. The highest BCUT2D eigenvalue weighted by Gasteiger charge is 2.24. The average molecular weight is 688 g/mol. The quantitative estimate of drug-likeness (QED) is 0.161. The van der Waals surface area contributed by atoms with Gasteiger partial charge in [0.2, 0.25) is 0 Å². The third kappa shape index (κ3) is 5.56. The average Bonchev–Trinajstić information content (AvgIpc) is 3.81. The standard InChI is InChI=1S/C50H41NO2/c1-8-51-47-33(21-17-31-19-23-45-39(25-31)37-13-9-11-15-43(37)52-45)27-35(49(2,3)4)29-41(47)42-30-36(50(5,6)7)28-34(48(42)51)22-18-32-20-24-46-40(26-32)38-14-10-12-16-44(38)53-46/h9-16,19-20,23-30H,8H2,1-7H3. The van der Waals surface area contributed by atoms with Crippen LogP contribution in [0.4, 0.5) is 0 Å². The first kappa shape index (κ1) is 32.7. The molecule has 0 fully saturated rings. The zero-order chi connectivity index (χ0) is 36.6. The Morgan fingerprint density at radius 3 is 1.28 bits per heavy atom. The molecule has 3 heteroatoms. The molecule has 9 aromatic rings. The summed E-state index contributed by atoms with van der Waals surface area (Å²) in [6.07, 6.45) is 0. The molecule has 0 atom stereocenters. The number of benzene rings is 6. The predicted octanol–water partition coefficient (Wildman–Crippen LogP) is 13.0. The molecule has 0 bridgehead atoms. The number of nitrogens with zero attached hydrogens (tertiary/aromatic N) is 1. The van der Waals surface area contributed by atoms with Crippen molar-refractivity contribution in [3.63, 3.8) is 0 Å². The van der Waals surface area contributed by atoms with E-state index in [9.17, 15) is 0 Å². The van der Waals surface area contributed by atoms with Gasteiger partial charge >= 0.3 is 0 Å². The van der Waals surface area contributed by atoms with Crippen molar-refractivity contribution in [1.29, 1.82) is 0 Å². The lowest BCUT2D eigenvalue weighted by atomic mass is 9.83. The van der Waals surface area contributed by atoms with Crippen molar-refractivity contribution >= 4 is 65.7 Å². The summed E-state index contributed by atoms with van der Waals surface area (Å²) >= 11 is 0. The van der Waals surface area contributed by atoms with Crippen LogP contribution < -0.4 is 0 Å². The molecule has 0 radical (unpaired) electrons. The van der Waals surface area contributed by atoms with Gasteiger partial charge in [-0.2, -0.15) is 0 Å². The molecule has 0 saturated carbocycles. The summed E-state index contributed by atoms with van der Waals surface area (Å²) in [6.45, 7) is 16.7. The van der Waals surface area contributed by atoms with Crippen molar-refractivity contribution in [3.05, 3.63) is 143 Å². The number of para-hydroxylation sites is 2. The van der Waals surface area contributed by atoms with Gasteiger partial charge in [0, 0.05) is 61.1 Å². The zero-order valence-electron chi connectivity index (χ0n) is 31.4. The second kappa shape index (κ2) is 11.9. The molecule has 0 N–H and O–H groups in total. The number of fused-ring (bicyclic) bond motifs is 9. The van der Waals surface area contributed by atoms with Crippen molar-refractivity contribution in [2.75, 3.05) is 0 Å². The van der Waals surface area contributed by atoms with Crippen molar-refractivity contribution < 1.29 is 8.83 Å². The molecule has 0 aliphatic carbocycles. The predicted molar refractivity (Wildman–Crippen MR) is 222 cm³/mol. The molecule has 9 rings (SSSR count). The Labute approximate surface area is 310 Å². The van der Waals surface area contributed by atoms with E-state index in [1.807, 2.05) is 36.4 Å². The molecule has 53 heavy (non-hydrogen) atoms. The van der Waals surface area contributed by atoms with Gasteiger partial charge in [-0.15, -0.1) is 0 Å². The maximum Gasteiger partial charge on any atom is 0.135 e. The van der Waals surface area contributed by atoms with Crippen LogP contribution in [0.2, 0.25) is 0 Å². The van der Waals surface area contributed by atoms with Gasteiger partial charge in [0.25, 0.3) is 0 Å². The van der Waals surface area contributed by atoms with Gasteiger partial charge in [0.05, 0.1) is 11.0 Å². The first-order valence-corrected chi connectivity index (χ1v) is 18.5. The van der Waals surface area contributed by atoms with Gasteiger partial charge in [0.15, 0.2) is 0 Å². The molecule has 6 aromatic carbocycles. The summed E-state index contributed by atoms with van der Waals surface area (Å²) in [7, 11) is 0. The van der Waals surface area contributed by atoms with Crippen molar-refractivity contribution in [2.45, 2.75) is 65.8 Å². The second-order valence-electron chi connectivity index (χ2n) is 16.2. The van der Waals surface area contributed by atoms with Crippen molar-refractivity contribution in [3.8, 4) is 23.7 Å². The minimum absolute atomic E-state index is 0.0694. The molecule has 0 saturated heterocycles. The Balaban J connectivity index is 1.28. The maximum absolute atomic E-state index is 6.10. The van der Waals surface area contributed by atoms with Crippen LogP contribution in [-0.4, -0.2) is 4.57 Å². The minimum Gasteiger partial charge on any atom is -0.456 e. The van der Waals surface area contributed by atoms with Crippen LogP contribution in [0.25, 0.3) is 65.7 Å². The Bertz CT molecular complexity index is 2860. The normalized spacial score (nSPS) is 12.2. The molecule has 3 heterocycles. The van der Waals surface area contributed by atoms with Crippen LogP contribution in [0.5, 0.6) is 0 Å². The topological polar surface area (TPSA) is 31.2 Å². The SMILES string of the molecule is CCn1c2c(C#Cc3ccc4oc5ccccc5c4c3)cc(C(C)(C)C)cc2c2cc(C(C)(C)C)cc(C#Cc3ccc4oc5ccccc5c4c3)c21. The molecule has 0 aliphatic rings. The van der Waals surface area contributed by atoms with E-state index in [1.54, 1.807) is 0 Å². The van der Waals surface area contributed by atoms with Gasteiger partial charge in [-0.25, -0.2) is 0 Å². The number of hydrogen-bond donors (Lipinski definition) is 0. The fourth-order valence-corrected chi connectivity index (χ4v) is 7.63. The minimum atomic E-state index is -0.0694. The summed E-state index contributed by atoms with van der Waals surface area (Å²) in [5.41, 5.74) is 12.2. The summed E-state index contributed by atoms with van der Waals surface area (Å²) in [5, 5.41) is 6.82. The summed E-state index contributed by atoms with van der Waals surface area (Å²) in [4.78, 5) is 0. The molecular weight excluding hydrogens is 647 g/mol. The number of aryl methyl sites for hydroxylation is 1. The first-order chi connectivity index (χ1) is 25.5. The maximum atomic E-state index is 6.10. The zero-order valence-corrected chi connectivity index (χ0v) is 31.4. The summed E-state index contributed by atoms with van der Waals surface area (Å²) < 4.78 is 14.6. The number of aromatic nitrogens is 1. The van der Waals surface area contributed by atoms with Crippen LogP contribution >= 0.6 is 0 Å². The lowest BCUT2D eigenvalue weighted by Gasteiger charge is -2.20. The van der Waals surface area contributed by atoms with Crippen LogP contribution in [0, 0.1) is 23.7 Å². The lowest BCUT2D eigenvalue weighted by Crippen LogP contribution is -2.11. The fourth-order valence-electron chi connectivity index (χ4n) is 7.63. The molecule has 3 nitrogen and oxygen atoms in total. The number of hydrogen-bond acceptors (Lipinski definition) is 2. The highest BCUT2D eigenvalue weighted by molar-refractivity contribution is 6.12. The first-order valence-electron chi connectivity index (χ1n) is 18.5. The Morgan fingerprint density at radius 2 is 0.868 bits per heavy atom. The Morgan fingerprint density at radius 1 is 0.453 bits per heavy atom. The highest BCUT2D eigenvalue weighted by Crippen LogP contribution is 2.40. The lowest BCUT2D eigenvalue weighted by molar-refractivity contribution is 0.590. The Hall–Kier alpha value is -6.16. The molecule has 0 spiro atoms. The van der Waals surface area contributed by atoms with E-state index in [2.05, 4.69) is 150 Å². The van der Waals surface area contributed by atoms with Crippen molar-refractivity contribution in [1.82, 2.24) is 4.57 Å². The molecular formula is C50H41NO2. The van der Waals surface area contributed by atoms with Gasteiger partial charge in [-0.1, -0.05) is 102 Å². The van der Waals surface area contributed by atoms with Crippen LogP contribution in [0.15, 0.2) is 118 Å². The van der Waals surface area contributed by atoms with E-state index >= 15 is 0 Å². The van der Waals surface area contributed by atoms with Gasteiger partial charge in [-0.05, 0) is 102 Å². The molecule has 0 aliphatic heterocycles. The smallest absolute Gasteiger partial charge is 0.135 e. The number of furan rings is 2. The second-order valence-corrected chi connectivity index (χ2v) is 16.2. The molecule has 0 unspecified atom stereocenters. The summed E-state index contributed by atoms with van der Waals surface area (Å²) in [5.74, 6) is 14.4. The third-order valence-electron chi connectivity index (χ3n) is 10.5. The van der Waals surface area contributed by atoms with Crippen LogP contribution in [0.3, 0.4) is 0 Å². The molecule has 258 valence electrons. The van der Waals surface area contributed by atoms with Gasteiger partial charge < -0.3 is 13.4 Å². The van der Waals surface area contributed by atoms with Crippen molar-refractivity contribution in [2.24, 2.45) is 0 Å². The Kier molecular flexibility index (Phi) is 7.38.